The van der Waals surface area contributed by atoms with Gasteiger partial charge in [0.1, 0.15) is 11.6 Å². The van der Waals surface area contributed by atoms with Crippen molar-refractivity contribution in [2.45, 2.75) is 6.92 Å². The van der Waals surface area contributed by atoms with Crippen molar-refractivity contribution < 1.29 is 14.0 Å². The second-order valence-corrected chi connectivity index (χ2v) is 6.74. The Morgan fingerprint density at radius 1 is 1.03 bits per heavy atom. The Bertz CT molecular complexity index is 1050. The van der Waals surface area contributed by atoms with Crippen LogP contribution in [0.5, 0.6) is 0 Å². The molecule has 0 bridgehead atoms. The molecule has 6 nitrogen and oxygen atoms in total. The minimum atomic E-state index is -0.429. The van der Waals surface area contributed by atoms with Gasteiger partial charge >= 0.3 is 6.03 Å². The first kappa shape index (κ1) is 18.6. The maximum atomic E-state index is 13.7. The van der Waals surface area contributed by atoms with Gasteiger partial charge < -0.3 is 5.32 Å². The van der Waals surface area contributed by atoms with Gasteiger partial charge in [-0.1, -0.05) is 24.3 Å². The molecule has 2 aromatic carbocycles. The average molecular weight is 390 g/mol. The van der Waals surface area contributed by atoms with Crippen molar-refractivity contribution >= 4 is 29.1 Å². The Morgan fingerprint density at radius 3 is 2.48 bits per heavy atom. The number of benzene rings is 2. The molecule has 1 fully saturated rings. The molecular weight excluding hydrogens is 371 g/mol. The van der Waals surface area contributed by atoms with Gasteiger partial charge in [0, 0.05) is 24.3 Å². The van der Waals surface area contributed by atoms with Crippen molar-refractivity contribution in [3.63, 3.8) is 0 Å². The van der Waals surface area contributed by atoms with E-state index < -0.39 is 11.7 Å². The van der Waals surface area contributed by atoms with Crippen LogP contribution in [-0.4, -0.2) is 30.0 Å². The summed E-state index contributed by atoms with van der Waals surface area (Å²) in [5.41, 5.74) is 2.01. The van der Waals surface area contributed by atoms with Crippen molar-refractivity contribution in [1.82, 2.24) is 4.98 Å². The Hall–Kier alpha value is -3.74. The SMILES string of the molecule is Cc1ccc(C(=O)Nc2ccc(N3CCN(c4ccccc4)C3=O)nc2)cc1F. The fourth-order valence-corrected chi connectivity index (χ4v) is 3.15. The third-order valence-electron chi connectivity index (χ3n) is 4.79. The highest BCUT2D eigenvalue weighted by molar-refractivity contribution is 6.06. The van der Waals surface area contributed by atoms with Crippen LogP contribution in [0.25, 0.3) is 0 Å². The number of carbonyl (C=O) groups excluding carboxylic acids is 2. The van der Waals surface area contributed by atoms with Crippen LogP contribution in [0.2, 0.25) is 0 Å². The highest BCUT2D eigenvalue weighted by Gasteiger charge is 2.31. The summed E-state index contributed by atoms with van der Waals surface area (Å²) in [6.07, 6.45) is 1.48. The normalized spacial score (nSPS) is 13.7. The maximum Gasteiger partial charge on any atom is 0.330 e. The Balaban J connectivity index is 1.45. The summed E-state index contributed by atoms with van der Waals surface area (Å²) in [6, 6.07) is 17.0. The Kier molecular flexibility index (Phi) is 4.95. The summed E-state index contributed by atoms with van der Waals surface area (Å²) >= 11 is 0. The van der Waals surface area contributed by atoms with Crippen LogP contribution in [-0.2, 0) is 0 Å². The number of halogens is 1. The molecule has 0 spiro atoms. The van der Waals surface area contributed by atoms with E-state index in [1.807, 2.05) is 30.3 Å². The minimum Gasteiger partial charge on any atom is -0.321 e. The molecule has 29 heavy (non-hydrogen) atoms. The van der Waals surface area contributed by atoms with Gasteiger partial charge in [-0.2, -0.15) is 0 Å². The van der Waals surface area contributed by atoms with Crippen molar-refractivity contribution in [2.24, 2.45) is 0 Å². The number of hydrogen-bond donors (Lipinski definition) is 1. The second kappa shape index (κ2) is 7.71. The first-order valence-electron chi connectivity index (χ1n) is 9.20. The number of pyridine rings is 1. The van der Waals surface area contributed by atoms with Gasteiger partial charge in [0.05, 0.1) is 11.9 Å². The number of aromatic nitrogens is 1. The predicted molar refractivity (Wildman–Crippen MR) is 110 cm³/mol. The van der Waals surface area contributed by atoms with Crippen LogP contribution in [0.4, 0.5) is 26.4 Å². The molecule has 0 saturated carbocycles. The predicted octanol–water partition coefficient (Wildman–Crippen LogP) is 4.23. The summed E-state index contributed by atoms with van der Waals surface area (Å²) < 4.78 is 13.7. The topological polar surface area (TPSA) is 65.5 Å². The lowest BCUT2D eigenvalue weighted by molar-refractivity contribution is 0.102. The molecule has 0 unspecified atom stereocenters. The van der Waals surface area contributed by atoms with E-state index >= 15 is 0 Å². The molecule has 0 atom stereocenters. The summed E-state index contributed by atoms with van der Waals surface area (Å²) in [5.74, 6) is -0.347. The zero-order valence-electron chi connectivity index (χ0n) is 15.8. The number of nitrogens with one attached hydrogen (secondary N) is 1. The fourth-order valence-electron chi connectivity index (χ4n) is 3.15. The summed E-state index contributed by atoms with van der Waals surface area (Å²) in [6.45, 7) is 2.73. The van der Waals surface area contributed by atoms with Crippen molar-refractivity contribution in [3.05, 3.63) is 83.8 Å². The minimum absolute atomic E-state index is 0.143. The number of urea groups is 1. The lowest BCUT2D eigenvalue weighted by Gasteiger charge is -2.18. The second-order valence-electron chi connectivity index (χ2n) is 6.74. The van der Waals surface area contributed by atoms with E-state index in [-0.39, 0.29) is 11.6 Å². The number of nitrogens with zero attached hydrogens (tertiary/aromatic N) is 3. The highest BCUT2D eigenvalue weighted by atomic mass is 19.1. The molecule has 3 aromatic rings. The summed E-state index contributed by atoms with van der Waals surface area (Å²) in [7, 11) is 0. The van der Waals surface area contributed by atoms with Crippen LogP contribution in [0.1, 0.15) is 15.9 Å². The molecule has 2 heterocycles. The van der Waals surface area contributed by atoms with Gasteiger partial charge in [0.15, 0.2) is 0 Å². The number of rotatable bonds is 4. The zero-order valence-corrected chi connectivity index (χ0v) is 15.8. The lowest BCUT2D eigenvalue weighted by Crippen LogP contribution is -2.32. The molecule has 0 radical (unpaired) electrons. The van der Waals surface area contributed by atoms with Gasteiger partial charge in [0.2, 0.25) is 0 Å². The van der Waals surface area contributed by atoms with Crippen LogP contribution >= 0.6 is 0 Å². The van der Waals surface area contributed by atoms with Crippen LogP contribution in [0.15, 0.2) is 66.9 Å². The largest absolute Gasteiger partial charge is 0.330 e. The molecule has 3 amide bonds. The van der Waals surface area contributed by atoms with Gasteiger partial charge in [-0.05, 0) is 48.9 Å². The van der Waals surface area contributed by atoms with Gasteiger partial charge in [-0.3, -0.25) is 14.6 Å². The quantitative estimate of drug-likeness (QED) is 0.725. The average Bonchev–Trinajstić information content (AvgIpc) is 3.12. The number of carbonyl (C=O) groups is 2. The molecule has 1 aromatic heterocycles. The van der Waals surface area contributed by atoms with Gasteiger partial charge in [-0.15, -0.1) is 0 Å². The van der Waals surface area contributed by atoms with E-state index in [0.29, 0.717) is 30.2 Å². The zero-order chi connectivity index (χ0) is 20.4. The molecule has 146 valence electrons. The number of para-hydroxylation sites is 1. The standard InChI is InChI=1S/C22H19FN4O2/c1-15-7-8-16(13-19(15)23)21(28)25-17-9-10-20(24-14-17)27-12-11-26(22(27)29)18-5-3-2-4-6-18/h2-10,13-14H,11-12H2,1H3,(H,25,28). The maximum absolute atomic E-state index is 13.7. The van der Waals surface area contributed by atoms with Gasteiger partial charge in [-0.25, -0.2) is 14.2 Å². The molecule has 0 aliphatic carbocycles. The molecule has 4 rings (SSSR count). The van der Waals surface area contributed by atoms with Crippen LogP contribution in [0.3, 0.4) is 0 Å². The molecule has 1 N–H and O–H groups in total. The monoisotopic (exact) mass is 390 g/mol. The van der Waals surface area contributed by atoms with E-state index in [2.05, 4.69) is 10.3 Å². The number of aryl methyl sites for hydroxylation is 1. The summed E-state index contributed by atoms with van der Waals surface area (Å²) in [5, 5.41) is 2.69. The van der Waals surface area contributed by atoms with Crippen molar-refractivity contribution in [1.29, 1.82) is 0 Å². The first-order valence-corrected chi connectivity index (χ1v) is 9.20. The number of amides is 3. The lowest BCUT2D eigenvalue weighted by atomic mass is 10.1. The molecule has 1 aliphatic rings. The van der Waals surface area contributed by atoms with Crippen LogP contribution in [0, 0.1) is 12.7 Å². The van der Waals surface area contributed by atoms with Gasteiger partial charge in [0.25, 0.3) is 5.91 Å². The van der Waals surface area contributed by atoms with E-state index in [9.17, 15) is 14.0 Å². The van der Waals surface area contributed by atoms with Crippen molar-refractivity contribution in [2.75, 3.05) is 28.2 Å². The number of anilines is 3. The van der Waals surface area contributed by atoms with E-state index in [1.54, 1.807) is 41.0 Å². The molecule has 1 aliphatic heterocycles. The third-order valence-corrected chi connectivity index (χ3v) is 4.79. The Labute approximate surface area is 167 Å². The molecule has 7 heteroatoms. The number of hydrogen-bond acceptors (Lipinski definition) is 3. The van der Waals surface area contributed by atoms with Crippen molar-refractivity contribution in [3.8, 4) is 0 Å². The molecule has 1 saturated heterocycles. The fraction of sp³-hybridized carbons (Fsp3) is 0.136. The van der Waals surface area contributed by atoms with E-state index in [4.69, 9.17) is 0 Å². The Morgan fingerprint density at radius 2 is 1.79 bits per heavy atom. The summed E-state index contributed by atoms with van der Waals surface area (Å²) in [4.78, 5) is 32.6. The highest BCUT2D eigenvalue weighted by Crippen LogP contribution is 2.24. The van der Waals surface area contributed by atoms with Crippen LogP contribution < -0.4 is 15.1 Å². The molecular formula is C22H19FN4O2. The van der Waals surface area contributed by atoms with E-state index in [1.165, 1.54) is 12.3 Å². The first-order chi connectivity index (χ1) is 14.0. The van der Waals surface area contributed by atoms with E-state index in [0.717, 1.165) is 5.69 Å². The smallest absolute Gasteiger partial charge is 0.321 e. The third kappa shape index (κ3) is 3.80.